The number of nitrogens with one attached hydrogen (secondary N) is 7. The molecule has 16 unspecified atom stereocenters. The largest absolute Gasteiger partial charge is 0.463 e. The number of nitriles is 1. The number of hydrogen-bond donors (Lipinski definition) is 7. The predicted octanol–water partition coefficient (Wildman–Crippen LogP) is -1.60. The zero-order chi connectivity index (χ0) is 101. The van der Waals surface area contributed by atoms with Crippen molar-refractivity contribution in [1.82, 2.24) is 46.8 Å². The Morgan fingerprint density at radius 1 is 0.441 bits per heavy atom. The van der Waals surface area contributed by atoms with Gasteiger partial charge in [-0.3, -0.25) is 81.5 Å². The minimum Gasteiger partial charge on any atom is -0.463 e. The van der Waals surface area contributed by atoms with E-state index in [-0.39, 0.29) is 176 Å². The van der Waals surface area contributed by atoms with Crippen molar-refractivity contribution in [3.63, 3.8) is 0 Å². The average Bonchev–Trinajstić information content (AvgIpc) is 0.756. The van der Waals surface area contributed by atoms with Crippen molar-refractivity contribution >= 4 is 110 Å². The summed E-state index contributed by atoms with van der Waals surface area (Å²) < 4.78 is 133. The summed E-state index contributed by atoms with van der Waals surface area (Å²) in [6, 6.07) is -1.88. The third-order valence-electron chi connectivity index (χ3n) is 19.8. The molecule has 16 atom stereocenters. The van der Waals surface area contributed by atoms with Gasteiger partial charge in [-0.1, -0.05) is 0 Å². The Morgan fingerprint density at radius 2 is 0.831 bits per heavy atom. The molecule has 3 aliphatic heterocycles. The van der Waals surface area contributed by atoms with E-state index in [0.29, 0.717) is 12.8 Å². The lowest BCUT2D eigenvalue weighted by atomic mass is 9.86. The SMILES string of the molecule is CC(=O)NC1C(OCCOCCOCCNC(=O)CCC(NC(=O)[C@H]2CC[C@@H](OP(OCCC#N)N(C(C)C)C(C)C)CC2)C(=O)N(CC(=O)NCCOCCOCCOC2OC(COC(C)=O)C(OC(C)=O)C(OC(C)=O)C2NC(C)=O)CC(=O)NCCOCCOCCOC2(NC(C)=O)COC(COC(C)=O)C(OC(C)=O)C2OC(C)=O)OC(COC(C)=O)C(OC(C)=O)C1OC(C)=O. The molecular formula is C85H137N10O40P. The van der Waals surface area contributed by atoms with E-state index in [9.17, 15) is 82.0 Å². The number of hydrogen-bond acceptors (Lipinski definition) is 42. The van der Waals surface area contributed by atoms with E-state index in [1.165, 1.54) is 13.8 Å². The molecule has 7 N–H and O–H groups in total. The third-order valence-corrected chi connectivity index (χ3v) is 22.0. The molecule has 4 aliphatic rings. The van der Waals surface area contributed by atoms with Crippen molar-refractivity contribution in [1.29, 1.82) is 5.26 Å². The van der Waals surface area contributed by atoms with Gasteiger partial charge in [-0.05, 0) is 59.8 Å². The van der Waals surface area contributed by atoms with Crippen molar-refractivity contribution < 1.29 is 190 Å². The second-order valence-corrected chi connectivity index (χ2v) is 33.4. The van der Waals surface area contributed by atoms with Crippen LogP contribution < -0.4 is 37.2 Å². The first-order valence-corrected chi connectivity index (χ1v) is 45.8. The summed E-state index contributed by atoms with van der Waals surface area (Å²) in [6.07, 6.45) is -14.2. The van der Waals surface area contributed by atoms with Crippen LogP contribution in [0.1, 0.15) is 156 Å². The highest BCUT2D eigenvalue weighted by molar-refractivity contribution is 7.44. The highest BCUT2D eigenvalue weighted by atomic mass is 31.2. The van der Waals surface area contributed by atoms with Crippen molar-refractivity contribution in [2.24, 2.45) is 5.92 Å². The fraction of sp³-hybridized carbons (Fsp3) is 0.788. The van der Waals surface area contributed by atoms with E-state index in [4.69, 9.17) is 109 Å². The average molecular weight is 1970 g/mol. The Hall–Kier alpha value is -9.69. The number of rotatable bonds is 63. The first-order chi connectivity index (χ1) is 64.5. The van der Waals surface area contributed by atoms with Crippen LogP contribution in [0.3, 0.4) is 0 Å². The van der Waals surface area contributed by atoms with Crippen molar-refractivity contribution in [3.05, 3.63) is 0 Å². The fourth-order valence-electron chi connectivity index (χ4n) is 14.4. The molecule has 1 aliphatic carbocycles. The van der Waals surface area contributed by atoms with Gasteiger partial charge < -0.3 is 151 Å². The maximum absolute atomic E-state index is 15.2. The molecule has 50 nitrogen and oxygen atoms in total. The first kappa shape index (κ1) is 119. The Morgan fingerprint density at radius 3 is 1.23 bits per heavy atom. The Labute approximate surface area is 790 Å². The lowest BCUT2D eigenvalue weighted by molar-refractivity contribution is -0.279. The van der Waals surface area contributed by atoms with Gasteiger partial charge in [-0.2, -0.15) is 5.26 Å². The minimum atomic E-state index is -1.94. The van der Waals surface area contributed by atoms with E-state index >= 15 is 4.79 Å². The second kappa shape index (κ2) is 64.5. The zero-order valence-corrected chi connectivity index (χ0v) is 81.0. The second-order valence-electron chi connectivity index (χ2n) is 32.0. The quantitative estimate of drug-likeness (QED) is 0.0119. The molecule has 1 saturated carbocycles. The number of amides is 8. The van der Waals surface area contributed by atoms with Gasteiger partial charge in [0.15, 0.2) is 49.2 Å². The molecule has 0 aromatic rings. The van der Waals surface area contributed by atoms with Gasteiger partial charge in [0.2, 0.25) is 53.0 Å². The number of esters is 9. The standard InChI is InChI=1S/C85H137N10O40P/c1-50(2)95(51(3)4)136(126-28-17-24-86)135-65-20-18-64(19-21-65)81(111)92-66(22-23-70(108)87-25-29-113-32-35-116-38-41-119-83-73(90-52(5)96)78(130-61(14)105)75(127-58(11)102)68(133-83)47-122-56(9)100)82(112)94(44-71(109)88-26-30-114-33-36-117-39-42-120-84-74(91-53(6)97)79(131-62(15)106)76(128-59(12)103)69(134-84)48-123-57(10)101)45-72(110)89-27-31-115-34-37-118-40-43-125-85(93-54(7)98)49-124-67(46-121-55(8)99)77(129-60(13)104)80(85)132-63(16)107/h50-51,64-69,73-80,83-84H,17-23,25-49H2,1-16H3,(H,87,108)(H,88,109)(H,89,110)(H,90,96)(H,91,97)(H,92,111)(H,93,98)/t64-,65+,66?,67?,68?,69?,73?,74?,75?,76?,77?,78?,79?,80?,83?,84?,85?,136?. The number of ether oxygens (including phenoxy) is 21. The van der Waals surface area contributed by atoms with E-state index in [2.05, 4.69) is 48.0 Å². The van der Waals surface area contributed by atoms with Crippen LogP contribution in [0, 0.1) is 17.2 Å². The molecule has 8 amide bonds. The zero-order valence-electron chi connectivity index (χ0n) is 80.1. The van der Waals surface area contributed by atoms with Crippen LogP contribution in [-0.2, 0) is 190 Å². The fourth-order valence-corrected chi connectivity index (χ4v) is 16.2. The molecule has 0 aromatic heterocycles. The van der Waals surface area contributed by atoms with Crippen LogP contribution in [0.25, 0.3) is 0 Å². The lowest BCUT2D eigenvalue weighted by Crippen LogP contribution is -2.72. The summed E-state index contributed by atoms with van der Waals surface area (Å²) in [5, 5.41) is 28.0. The smallest absolute Gasteiger partial charge is 0.303 e. The monoisotopic (exact) mass is 1970 g/mol. The minimum absolute atomic E-state index is 0.00277. The number of carbonyl (C=O) groups excluding carboxylic acids is 17. The van der Waals surface area contributed by atoms with Gasteiger partial charge in [0, 0.05) is 127 Å². The Bertz CT molecular complexity index is 3850. The molecule has 3 heterocycles. The molecule has 51 heteroatoms. The summed E-state index contributed by atoms with van der Waals surface area (Å²) in [5.74, 6) is -13.1. The Balaban J connectivity index is 1.50. The maximum atomic E-state index is 15.2. The summed E-state index contributed by atoms with van der Waals surface area (Å²) >= 11 is 0. The van der Waals surface area contributed by atoms with Crippen molar-refractivity contribution in [2.75, 3.05) is 165 Å². The van der Waals surface area contributed by atoms with E-state index in [1.54, 1.807) is 0 Å². The summed E-state index contributed by atoms with van der Waals surface area (Å²) in [7, 11) is -1.64. The lowest BCUT2D eigenvalue weighted by Gasteiger charge is -2.48. The van der Waals surface area contributed by atoms with Crippen LogP contribution in [0.5, 0.6) is 0 Å². The van der Waals surface area contributed by atoms with Crippen LogP contribution in [0.2, 0.25) is 0 Å². The summed E-state index contributed by atoms with van der Waals surface area (Å²) in [6.45, 7) is 16.6. The van der Waals surface area contributed by atoms with Crippen LogP contribution in [0.15, 0.2) is 0 Å². The molecule has 772 valence electrons. The highest BCUT2D eigenvalue weighted by Crippen LogP contribution is 2.49. The van der Waals surface area contributed by atoms with Crippen molar-refractivity contribution in [3.8, 4) is 6.07 Å². The highest BCUT2D eigenvalue weighted by Gasteiger charge is 2.58. The van der Waals surface area contributed by atoms with Gasteiger partial charge in [0.1, 0.15) is 69.3 Å². The molecule has 4 fully saturated rings. The number of nitrogens with zero attached hydrogens (tertiary/aromatic N) is 3. The third kappa shape index (κ3) is 46.2. The van der Waals surface area contributed by atoms with Crippen LogP contribution in [0.4, 0.5) is 0 Å². The van der Waals surface area contributed by atoms with Crippen molar-refractivity contribution in [2.45, 2.75) is 265 Å². The van der Waals surface area contributed by atoms with Crippen LogP contribution in [-0.4, -0.2) is 385 Å². The molecule has 3 saturated heterocycles. The molecule has 0 bridgehead atoms. The maximum Gasteiger partial charge on any atom is 0.303 e. The van der Waals surface area contributed by atoms with E-state index in [0.717, 1.165) is 74.1 Å². The van der Waals surface area contributed by atoms with E-state index in [1.807, 2.05) is 27.7 Å². The van der Waals surface area contributed by atoms with Gasteiger partial charge in [-0.25, -0.2) is 4.67 Å². The Kier molecular flexibility index (Phi) is 56.2. The molecule has 0 radical (unpaired) electrons. The summed E-state index contributed by atoms with van der Waals surface area (Å²) in [5.41, 5.74) is -1.94. The van der Waals surface area contributed by atoms with Gasteiger partial charge in [-0.15, -0.1) is 0 Å². The molecular weight excluding hydrogens is 1830 g/mol. The summed E-state index contributed by atoms with van der Waals surface area (Å²) in [4.78, 5) is 219. The van der Waals surface area contributed by atoms with Crippen LogP contribution >= 0.6 is 8.53 Å². The van der Waals surface area contributed by atoms with Gasteiger partial charge >= 0.3 is 53.7 Å². The number of carbonyl (C=O) groups is 17. The normalized spacial score (nSPS) is 23.4. The van der Waals surface area contributed by atoms with Gasteiger partial charge in [0.25, 0.3) is 8.53 Å². The first-order valence-electron chi connectivity index (χ1n) is 44.7. The molecule has 0 spiro atoms. The van der Waals surface area contributed by atoms with Gasteiger partial charge in [0.05, 0.1) is 131 Å². The molecule has 0 aromatic carbocycles. The predicted molar refractivity (Wildman–Crippen MR) is 464 cm³/mol. The molecule has 136 heavy (non-hydrogen) atoms. The van der Waals surface area contributed by atoms with E-state index < -0.39 is 246 Å². The molecule has 4 rings (SSSR count). The topological polar surface area (TPSA) is 617 Å².